The number of aromatic nitrogens is 2. The number of imidazole rings is 1. The highest BCUT2D eigenvalue weighted by atomic mass is 16.6. The Bertz CT molecular complexity index is 674. The van der Waals surface area contributed by atoms with E-state index in [9.17, 15) is 4.79 Å². The number of hydrogen-bond acceptors (Lipinski definition) is 5. The lowest BCUT2D eigenvalue weighted by Crippen LogP contribution is -2.49. The number of hydrogen-bond donors (Lipinski definition) is 1. The van der Waals surface area contributed by atoms with E-state index in [1.807, 2.05) is 48.1 Å². The van der Waals surface area contributed by atoms with Gasteiger partial charge in [0.15, 0.2) is 0 Å². The highest BCUT2D eigenvalue weighted by Gasteiger charge is 2.25. The van der Waals surface area contributed by atoms with Crippen LogP contribution in [0.5, 0.6) is 0 Å². The van der Waals surface area contributed by atoms with E-state index in [2.05, 4.69) is 10.3 Å². The first kappa shape index (κ1) is 17.4. The van der Waals surface area contributed by atoms with Gasteiger partial charge in [-0.3, -0.25) is 0 Å². The number of amides is 1. The first-order valence-corrected chi connectivity index (χ1v) is 8.45. The van der Waals surface area contributed by atoms with Crippen molar-refractivity contribution in [1.29, 1.82) is 0 Å². The van der Waals surface area contributed by atoms with Crippen LogP contribution < -0.4 is 5.32 Å². The second-order valence-electron chi connectivity index (χ2n) is 6.11. The minimum absolute atomic E-state index is 0.0359. The zero-order valence-corrected chi connectivity index (χ0v) is 14.4. The molecule has 1 aromatic heterocycles. The summed E-state index contributed by atoms with van der Waals surface area (Å²) in [7, 11) is 1.96. The minimum atomic E-state index is -0.288. The van der Waals surface area contributed by atoms with Crippen molar-refractivity contribution in [2.24, 2.45) is 7.05 Å². The molecular formula is C18H24N4O3. The average Bonchev–Trinajstić information content (AvgIpc) is 3.06. The summed E-state index contributed by atoms with van der Waals surface area (Å²) in [4.78, 5) is 18.0. The molecule has 0 spiro atoms. The number of nitrogens with one attached hydrogen (secondary N) is 1. The number of carbonyl (C=O) groups is 1. The van der Waals surface area contributed by atoms with E-state index in [1.54, 1.807) is 11.2 Å². The summed E-state index contributed by atoms with van der Waals surface area (Å²) >= 11 is 0. The van der Waals surface area contributed by atoms with Crippen molar-refractivity contribution in [1.82, 2.24) is 19.8 Å². The number of rotatable bonds is 6. The molecule has 1 N–H and O–H groups in total. The molecule has 25 heavy (non-hydrogen) atoms. The maximum absolute atomic E-state index is 12.2. The summed E-state index contributed by atoms with van der Waals surface area (Å²) in [5.41, 5.74) is 2.09. The molecule has 1 atom stereocenters. The SMILES string of the molecule is Cn1cncc1CNCC1CN(C(=O)OCc2ccccc2)CCO1. The number of morpholine rings is 1. The molecule has 0 bridgehead atoms. The van der Waals surface area contributed by atoms with E-state index in [0.29, 0.717) is 32.8 Å². The topological polar surface area (TPSA) is 68.6 Å². The molecule has 1 aliphatic rings. The Morgan fingerprint density at radius 3 is 3.00 bits per heavy atom. The second kappa shape index (κ2) is 8.64. The molecule has 7 nitrogen and oxygen atoms in total. The largest absolute Gasteiger partial charge is 0.445 e. The zero-order valence-electron chi connectivity index (χ0n) is 14.4. The van der Waals surface area contributed by atoms with Gasteiger partial charge in [0.1, 0.15) is 6.61 Å². The summed E-state index contributed by atoms with van der Waals surface area (Å²) < 4.78 is 13.1. The molecule has 1 saturated heterocycles. The van der Waals surface area contributed by atoms with Crippen LogP contribution >= 0.6 is 0 Å². The van der Waals surface area contributed by atoms with Gasteiger partial charge in [-0.15, -0.1) is 0 Å². The lowest BCUT2D eigenvalue weighted by Gasteiger charge is -2.32. The van der Waals surface area contributed by atoms with Crippen LogP contribution in [0.25, 0.3) is 0 Å². The van der Waals surface area contributed by atoms with Gasteiger partial charge < -0.3 is 24.3 Å². The minimum Gasteiger partial charge on any atom is -0.445 e. The third-order valence-electron chi connectivity index (χ3n) is 4.20. The highest BCUT2D eigenvalue weighted by Crippen LogP contribution is 2.09. The molecule has 1 fully saturated rings. The van der Waals surface area contributed by atoms with Gasteiger partial charge in [-0.1, -0.05) is 30.3 Å². The van der Waals surface area contributed by atoms with Crippen molar-refractivity contribution in [3.63, 3.8) is 0 Å². The van der Waals surface area contributed by atoms with Crippen LogP contribution in [0.3, 0.4) is 0 Å². The van der Waals surface area contributed by atoms with E-state index >= 15 is 0 Å². The van der Waals surface area contributed by atoms with E-state index in [1.165, 1.54) is 0 Å². The standard InChI is InChI=1S/C18H24N4O3/c1-21-14-20-10-16(21)9-19-11-17-12-22(7-8-24-17)18(23)25-13-15-5-3-2-4-6-15/h2-6,10,14,17,19H,7-9,11-13H2,1H3. The predicted octanol–water partition coefficient (Wildman–Crippen LogP) is 1.55. The Morgan fingerprint density at radius 2 is 2.24 bits per heavy atom. The quantitative estimate of drug-likeness (QED) is 0.861. The molecule has 1 unspecified atom stereocenters. The van der Waals surface area contributed by atoms with Crippen LogP contribution in [0.15, 0.2) is 42.9 Å². The number of aryl methyl sites for hydroxylation is 1. The van der Waals surface area contributed by atoms with Crippen molar-refractivity contribution in [2.75, 3.05) is 26.2 Å². The Morgan fingerprint density at radius 1 is 1.40 bits per heavy atom. The summed E-state index contributed by atoms with van der Waals surface area (Å²) in [5.74, 6) is 0. The maximum Gasteiger partial charge on any atom is 0.410 e. The van der Waals surface area contributed by atoms with Gasteiger partial charge in [0.05, 0.1) is 31.3 Å². The smallest absolute Gasteiger partial charge is 0.410 e. The van der Waals surface area contributed by atoms with E-state index in [0.717, 1.165) is 17.8 Å². The molecule has 2 aromatic rings. The second-order valence-corrected chi connectivity index (χ2v) is 6.11. The first-order valence-electron chi connectivity index (χ1n) is 8.45. The van der Waals surface area contributed by atoms with Crippen LogP contribution in [-0.2, 0) is 29.7 Å². The molecule has 2 heterocycles. The van der Waals surface area contributed by atoms with Crippen molar-refractivity contribution < 1.29 is 14.3 Å². The molecule has 0 saturated carbocycles. The molecule has 1 amide bonds. The molecule has 134 valence electrons. The fourth-order valence-corrected chi connectivity index (χ4v) is 2.74. The Hall–Kier alpha value is -2.38. The van der Waals surface area contributed by atoms with Crippen molar-refractivity contribution in [3.8, 4) is 0 Å². The van der Waals surface area contributed by atoms with Gasteiger partial charge in [-0.2, -0.15) is 0 Å². The molecule has 7 heteroatoms. The zero-order chi connectivity index (χ0) is 17.5. The van der Waals surface area contributed by atoms with Crippen LogP contribution in [-0.4, -0.2) is 52.9 Å². The molecule has 0 aliphatic carbocycles. The number of nitrogens with zero attached hydrogens (tertiary/aromatic N) is 3. The van der Waals surface area contributed by atoms with Gasteiger partial charge in [0.25, 0.3) is 0 Å². The molecular weight excluding hydrogens is 320 g/mol. The summed E-state index contributed by atoms with van der Waals surface area (Å²) in [6.45, 7) is 3.30. The third kappa shape index (κ3) is 5.04. The van der Waals surface area contributed by atoms with Gasteiger partial charge >= 0.3 is 6.09 Å². The molecule has 1 aromatic carbocycles. The highest BCUT2D eigenvalue weighted by molar-refractivity contribution is 5.67. The Balaban J connectivity index is 1.41. The van der Waals surface area contributed by atoms with Crippen LogP contribution in [0.1, 0.15) is 11.3 Å². The Labute approximate surface area is 147 Å². The fourth-order valence-electron chi connectivity index (χ4n) is 2.74. The molecule has 0 radical (unpaired) electrons. The lowest BCUT2D eigenvalue weighted by molar-refractivity contribution is -0.0271. The van der Waals surface area contributed by atoms with Gasteiger partial charge in [-0.25, -0.2) is 9.78 Å². The molecule has 3 rings (SSSR count). The molecule has 1 aliphatic heterocycles. The number of carbonyl (C=O) groups excluding carboxylic acids is 1. The summed E-state index contributed by atoms with van der Waals surface area (Å²) in [6, 6.07) is 9.69. The van der Waals surface area contributed by atoms with Gasteiger partial charge in [-0.05, 0) is 5.56 Å². The lowest BCUT2D eigenvalue weighted by atomic mass is 10.2. The number of benzene rings is 1. The van der Waals surface area contributed by atoms with E-state index in [-0.39, 0.29) is 12.2 Å². The number of ether oxygens (including phenoxy) is 2. The van der Waals surface area contributed by atoms with E-state index in [4.69, 9.17) is 9.47 Å². The van der Waals surface area contributed by atoms with Gasteiger partial charge in [0.2, 0.25) is 0 Å². The van der Waals surface area contributed by atoms with Crippen LogP contribution in [0.4, 0.5) is 4.79 Å². The van der Waals surface area contributed by atoms with Crippen LogP contribution in [0.2, 0.25) is 0 Å². The monoisotopic (exact) mass is 344 g/mol. The Kier molecular flexibility index (Phi) is 6.03. The van der Waals surface area contributed by atoms with Crippen molar-refractivity contribution in [2.45, 2.75) is 19.3 Å². The summed E-state index contributed by atoms with van der Waals surface area (Å²) in [6.07, 6.45) is 3.29. The van der Waals surface area contributed by atoms with Crippen molar-refractivity contribution in [3.05, 3.63) is 54.1 Å². The predicted molar refractivity (Wildman–Crippen MR) is 92.9 cm³/mol. The normalized spacial score (nSPS) is 17.5. The van der Waals surface area contributed by atoms with E-state index < -0.39 is 0 Å². The third-order valence-corrected chi connectivity index (χ3v) is 4.20. The maximum atomic E-state index is 12.2. The average molecular weight is 344 g/mol. The first-order chi connectivity index (χ1) is 12.2. The summed E-state index contributed by atoms with van der Waals surface area (Å²) in [5, 5.41) is 3.35. The van der Waals surface area contributed by atoms with Gasteiger partial charge in [0, 0.05) is 32.9 Å². The fraction of sp³-hybridized carbons (Fsp3) is 0.444. The van der Waals surface area contributed by atoms with Crippen molar-refractivity contribution >= 4 is 6.09 Å². The van der Waals surface area contributed by atoms with Crippen LogP contribution in [0, 0.1) is 0 Å².